The average Bonchev–Trinajstić information content (AvgIpc) is 3.29. The first-order valence-corrected chi connectivity index (χ1v) is 19.5. The highest BCUT2D eigenvalue weighted by molar-refractivity contribution is 5.97. The van der Waals surface area contributed by atoms with Gasteiger partial charge in [0.2, 0.25) is 0 Å². The second-order valence-electron chi connectivity index (χ2n) is 14.7. The Bertz CT molecular complexity index is 2890. The van der Waals surface area contributed by atoms with Crippen molar-refractivity contribution in [1.82, 2.24) is 4.98 Å². The number of allylic oxidation sites excluding steroid dienone is 1. The summed E-state index contributed by atoms with van der Waals surface area (Å²) in [6.07, 6.45) is 6.80. The van der Waals surface area contributed by atoms with E-state index in [1.54, 1.807) is 0 Å². The lowest BCUT2D eigenvalue weighted by Crippen LogP contribution is -1.96. The van der Waals surface area contributed by atoms with Gasteiger partial charge in [0.25, 0.3) is 0 Å². The van der Waals surface area contributed by atoms with Gasteiger partial charge in [0, 0.05) is 11.1 Å². The predicted octanol–water partition coefficient (Wildman–Crippen LogP) is 14.9. The van der Waals surface area contributed by atoms with Gasteiger partial charge in [-0.15, -0.1) is 0 Å². The lowest BCUT2D eigenvalue weighted by atomic mass is 9.89. The third kappa shape index (κ3) is 6.54. The first-order chi connectivity index (χ1) is 27.7. The molecule has 0 bridgehead atoms. The Labute approximate surface area is 328 Å². The van der Waals surface area contributed by atoms with E-state index in [4.69, 9.17) is 4.98 Å². The van der Waals surface area contributed by atoms with Crippen LogP contribution in [0.15, 0.2) is 206 Å². The van der Waals surface area contributed by atoms with Gasteiger partial charge in [-0.3, -0.25) is 0 Å². The third-order valence-electron chi connectivity index (χ3n) is 11.1. The van der Waals surface area contributed by atoms with Crippen molar-refractivity contribution in [3.63, 3.8) is 0 Å². The summed E-state index contributed by atoms with van der Waals surface area (Å²) >= 11 is 0. The summed E-state index contributed by atoms with van der Waals surface area (Å²) in [5, 5.41) is 2.49. The molecule has 0 radical (unpaired) electrons. The van der Waals surface area contributed by atoms with Crippen molar-refractivity contribution in [2.45, 2.75) is 12.8 Å². The zero-order valence-corrected chi connectivity index (χ0v) is 31.1. The molecule has 1 aliphatic carbocycles. The summed E-state index contributed by atoms with van der Waals surface area (Å²) in [7, 11) is 0. The first-order valence-electron chi connectivity index (χ1n) is 19.5. The summed E-state index contributed by atoms with van der Waals surface area (Å²) in [5.41, 5.74) is 18.8. The minimum absolute atomic E-state index is 0.945. The zero-order valence-electron chi connectivity index (χ0n) is 31.1. The van der Waals surface area contributed by atoms with E-state index in [0.717, 1.165) is 46.5 Å². The maximum Gasteiger partial charge on any atom is 0.0715 e. The van der Waals surface area contributed by atoms with E-state index < -0.39 is 0 Å². The van der Waals surface area contributed by atoms with Crippen molar-refractivity contribution in [2.75, 3.05) is 0 Å². The Morgan fingerprint density at radius 1 is 0.339 bits per heavy atom. The zero-order chi connectivity index (χ0) is 37.3. The smallest absolute Gasteiger partial charge is 0.0715 e. The molecule has 0 atom stereocenters. The molecule has 1 aliphatic rings. The molecule has 56 heavy (non-hydrogen) atoms. The standard InChI is InChI=1S/C55H39N/c1-2-13-38(14-3-1)39-29-31-40(32-30-39)49-36-54(56-55(37-49)48-24-10-22-46(35-48)53-28-12-18-42-16-5-7-26-51(42)53)47-23-9-20-44(34-47)43-19-8-21-45(33-43)52-27-11-17-41-15-4-6-25-50(41)52/h1-3,5-14,16-37H,4,15H2. The largest absolute Gasteiger partial charge is 0.248 e. The van der Waals surface area contributed by atoms with Crippen LogP contribution < -0.4 is 0 Å². The van der Waals surface area contributed by atoms with Gasteiger partial charge in [-0.1, -0.05) is 182 Å². The van der Waals surface area contributed by atoms with E-state index in [9.17, 15) is 0 Å². The molecule has 0 N–H and O–H groups in total. The molecule has 1 heterocycles. The van der Waals surface area contributed by atoms with Crippen LogP contribution in [0.2, 0.25) is 0 Å². The molecule has 264 valence electrons. The summed E-state index contributed by atoms with van der Waals surface area (Å²) in [6, 6.07) is 72.5. The molecule has 0 saturated heterocycles. The molecule has 0 unspecified atom stereocenters. The molecular weight excluding hydrogens is 675 g/mol. The number of pyridine rings is 1. The van der Waals surface area contributed by atoms with E-state index in [2.05, 4.69) is 212 Å². The molecule has 0 saturated carbocycles. The number of aromatic nitrogens is 1. The van der Waals surface area contributed by atoms with Crippen molar-refractivity contribution in [2.24, 2.45) is 0 Å². The van der Waals surface area contributed by atoms with Gasteiger partial charge in [0.1, 0.15) is 0 Å². The normalized spacial score (nSPS) is 12.1. The van der Waals surface area contributed by atoms with E-state index >= 15 is 0 Å². The fourth-order valence-corrected chi connectivity index (χ4v) is 8.25. The van der Waals surface area contributed by atoms with Gasteiger partial charge in [0.05, 0.1) is 11.4 Å². The van der Waals surface area contributed by atoms with Crippen LogP contribution in [-0.4, -0.2) is 4.98 Å². The maximum absolute atomic E-state index is 5.40. The Morgan fingerprint density at radius 2 is 0.839 bits per heavy atom. The highest BCUT2D eigenvalue weighted by Gasteiger charge is 2.14. The molecule has 1 heteroatoms. The fourth-order valence-electron chi connectivity index (χ4n) is 8.25. The van der Waals surface area contributed by atoms with Crippen molar-refractivity contribution >= 4 is 16.8 Å². The van der Waals surface area contributed by atoms with E-state index in [-0.39, 0.29) is 0 Å². The average molecular weight is 714 g/mol. The van der Waals surface area contributed by atoms with Crippen LogP contribution in [0.1, 0.15) is 17.5 Å². The third-order valence-corrected chi connectivity index (χ3v) is 11.1. The molecule has 0 fully saturated rings. The van der Waals surface area contributed by atoms with Crippen molar-refractivity contribution in [3.05, 3.63) is 217 Å². The van der Waals surface area contributed by atoms with Crippen molar-refractivity contribution < 1.29 is 0 Å². The molecular formula is C55H39N. The van der Waals surface area contributed by atoms with Crippen molar-refractivity contribution in [1.29, 1.82) is 0 Å². The van der Waals surface area contributed by atoms with Crippen molar-refractivity contribution in [3.8, 4) is 78.1 Å². The van der Waals surface area contributed by atoms with Gasteiger partial charge in [-0.25, -0.2) is 4.98 Å². The quantitative estimate of drug-likeness (QED) is 0.160. The molecule has 1 nitrogen and oxygen atoms in total. The Balaban J connectivity index is 1.07. The number of rotatable bonds is 7. The van der Waals surface area contributed by atoms with Gasteiger partial charge in [0.15, 0.2) is 0 Å². The molecule has 10 rings (SSSR count). The maximum atomic E-state index is 5.40. The van der Waals surface area contributed by atoms with E-state index in [0.29, 0.717) is 0 Å². The van der Waals surface area contributed by atoms with Crippen LogP contribution in [0, 0.1) is 0 Å². The molecule has 0 spiro atoms. The number of nitrogens with zero attached hydrogens (tertiary/aromatic N) is 1. The van der Waals surface area contributed by atoms with Crippen LogP contribution in [0.3, 0.4) is 0 Å². The number of benzene rings is 8. The highest BCUT2D eigenvalue weighted by atomic mass is 14.7. The molecule has 0 amide bonds. The molecule has 8 aromatic carbocycles. The van der Waals surface area contributed by atoms with Gasteiger partial charge >= 0.3 is 0 Å². The molecule has 0 aliphatic heterocycles. The molecule has 1 aromatic heterocycles. The number of hydrogen-bond donors (Lipinski definition) is 0. The Kier molecular flexibility index (Phi) is 8.74. The SMILES string of the molecule is C1=Cc2c(cccc2-c2cccc(-c3cccc(-c4cc(-c5ccc(-c6ccccc6)cc5)cc(-c5cccc(-c6cccc7ccccc67)c5)n4)c3)c2)CC1. The minimum atomic E-state index is 0.945. The lowest BCUT2D eigenvalue weighted by Gasteiger charge is -2.16. The summed E-state index contributed by atoms with van der Waals surface area (Å²) in [6.45, 7) is 0. The topological polar surface area (TPSA) is 12.9 Å². The number of aryl methyl sites for hydroxylation is 1. The predicted molar refractivity (Wildman–Crippen MR) is 237 cm³/mol. The second-order valence-corrected chi connectivity index (χ2v) is 14.7. The summed E-state index contributed by atoms with van der Waals surface area (Å²) in [5.74, 6) is 0. The van der Waals surface area contributed by atoms with Crippen LogP contribution in [-0.2, 0) is 6.42 Å². The number of fused-ring (bicyclic) bond motifs is 2. The van der Waals surface area contributed by atoms with Gasteiger partial charge in [-0.2, -0.15) is 0 Å². The Hall–Kier alpha value is -7.09. The minimum Gasteiger partial charge on any atom is -0.248 e. The Morgan fingerprint density at radius 3 is 1.59 bits per heavy atom. The fraction of sp³-hybridized carbons (Fsp3) is 0.0364. The number of hydrogen-bond acceptors (Lipinski definition) is 1. The van der Waals surface area contributed by atoms with Crippen LogP contribution in [0.5, 0.6) is 0 Å². The summed E-state index contributed by atoms with van der Waals surface area (Å²) in [4.78, 5) is 5.40. The van der Waals surface area contributed by atoms with E-state index in [1.807, 2.05) is 0 Å². The van der Waals surface area contributed by atoms with E-state index in [1.165, 1.54) is 66.4 Å². The lowest BCUT2D eigenvalue weighted by molar-refractivity contribution is 0.986. The van der Waals surface area contributed by atoms with Crippen LogP contribution >= 0.6 is 0 Å². The summed E-state index contributed by atoms with van der Waals surface area (Å²) < 4.78 is 0. The van der Waals surface area contributed by atoms with Gasteiger partial charge in [-0.05, 0) is 121 Å². The molecule has 9 aromatic rings. The van der Waals surface area contributed by atoms with Crippen LogP contribution in [0.25, 0.3) is 95.0 Å². The second kappa shape index (κ2) is 14.6. The highest BCUT2D eigenvalue weighted by Crippen LogP contribution is 2.37. The first kappa shape index (κ1) is 33.5. The monoisotopic (exact) mass is 713 g/mol. The van der Waals surface area contributed by atoms with Crippen LogP contribution in [0.4, 0.5) is 0 Å². The van der Waals surface area contributed by atoms with Gasteiger partial charge < -0.3 is 0 Å².